The van der Waals surface area contributed by atoms with E-state index in [2.05, 4.69) is 11.8 Å². The van der Waals surface area contributed by atoms with Crippen LogP contribution in [0.15, 0.2) is 41.8 Å². The maximum atomic E-state index is 13.1. The average Bonchev–Trinajstić information content (AvgIpc) is 3.24. The van der Waals surface area contributed by atoms with E-state index in [1.807, 2.05) is 46.7 Å². The van der Waals surface area contributed by atoms with Gasteiger partial charge in [0.2, 0.25) is 5.91 Å². The number of hydrogen-bond acceptors (Lipinski definition) is 3. The number of benzene rings is 1. The SMILES string of the molecule is CC1CCN(C(=O)C2CCN(C(=O)c3sccc3-c3ccccc3)CC2)CC1. The Morgan fingerprint density at radius 1 is 0.893 bits per heavy atom. The number of nitrogens with zero attached hydrogens (tertiary/aromatic N) is 2. The highest BCUT2D eigenvalue weighted by Gasteiger charge is 2.32. The summed E-state index contributed by atoms with van der Waals surface area (Å²) in [5.41, 5.74) is 2.09. The van der Waals surface area contributed by atoms with Crippen LogP contribution in [0.3, 0.4) is 0 Å². The molecule has 2 aromatic rings. The lowest BCUT2D eigenvalue weighted by atomic mass is 9.92. The molecule has 4 rings (SSSR count). The first-order valence-electron chi connectivity index (χ1n) is 10.3. The standard InChI is InChI=1S/C23H28N2O2S/c1-17-7-12-24(13-8-17)22(26)19-9-14-25(15-10-19)23(27)21-20(11-16-28-21)18-5-3-2-4-6-18/h2-6,11,16-17,19H,7-10,12-15H2,1H3. The molecule has 148 valence electrons. The highest BCUT2D eigenvalue weighted by molar-refractivity contribution is 7.12. The van der Waals surface area contributed by atoms with Crippen molar-refractivity contribution in [2.75, 3.05) is 26.2 Å². The van der Waals surface area contributed by atoms with Gasteiger partial charge in [-0.25, -0.2) is 0 Å². The van der Waals surface area contributed by atoms with E-state index in [1.54, 1.807) is 0 Å². The van der Waals surface area contributed by atoms with Crippen LogP contribution in [0, 0.1) is 11.8 Å². The zero-order valence-corrected chi connectivity index (χ0v) is 17.3. The molecule has 0 N–H and O–H groups in total. The number of amides is 2. The monoisotopic (exact) mass is 396 g/mol. The van der Waals surface area contributed by atoms with Gasteiger partial charge < -0.3 is 9.80 Å². The van der Waals surface area contributed by atoms with Crippen molar-refractivity contribution in [2.45, 2.75) is 32.6 Å². The normalized spacial score (nSPS) is 19.0. The van der Waals surface area contributed by atoms with Gasteiger partial charge in [-0.15, -0.1) is 11.3 Å². The Bertz CT molecular complexity index is 816. The van der Waals surface area contributed by atoms with Gasteiger partial charge in [-0.3, -0.25) is 9.59 Å². The lowest BCUT2D eigenvalue weighted by Gasteiger charge is -2.36. The lowest BCUT2D eigenvalue weighted by molar-refractivity contribution is -0.138. The highest BCUT2D eigenvalue weighted by atomic mass is 32.1. The molecular formula is C23H28N2O2S. The van der Waals surface area contributed by atoms with Gasteiger partial charge in [-0.1, -0.05) is 37.3 Å². The minimum atomic E-state index is 0.0781. The van der Waals surface area contributed by atoms with Crippen LogP contribution < -0.4 is 0 Å². The molecule has 0 spiro atoms. The predicted molar refractivity (Wildman–Crippen MR) is 113 cm³/mol. The van der Waals surface area contributed by atoms with Crippen molar-refractivity contribution in [3.05, 3.63) is 46.7 Å². The maximum absolute atomic E-state index is 13.1. The van der Waals surface area contributed by atoms with Crippen LogP contribution in [0.4, 0.5) is 0 Å². The third-order valence-corrected chi connectivity index (χ3v) is 7.07. The highest BCUT2D eigenvalue weighted by Crippen LogP contribution is 2.31. The fraction of sp³-hybridized carbons (Fsp3) is 0.478. The van der Waals surface area contributed by atoms with Gasteiger partial charge in [0.25, 0.3) is 5.91 Å². The molecule has 28 heavy (non-hydrogen) atoms. The van der Waals surface area contributed by atoms with Crippen LogP contribution in [0.1, 0.15) is 42.3 Å². The predicted octanol–water partition coefficient (Wildman–Crippen LogP) is 4.53. The fourth-order valence-electron chi connectivity index (χ4n) is 4.28. The molecule has 2 aliphatic rings. The molecule has 0 radical (unpaired) electrons. The third-order valence-electron chi connectivity index (χ3n) is 6.17. The molecule has 2 fully saturated rings. The summed E-state index contributed by atoms with van der Waals surface area (Å²) in [5.74, 6) is 1.22. The number of rotatable bonds is 3. The topological polar surface area (TPSA) is 40.6 Å². The summed E-state index contributed by atoms with van der Waals surface area (Å²) in [4.78, 5) is 30.7. The van der Waals surface area contributed by atoms with Gasteiger partial charge in [0.1, 0.15) is 0 Å². The Kier molecular flexibility index (Phi) is 5.81. The van der Waals surface area contributed by atoms with Crippen LogP contribution in [-0.2, 0) is 4.79 Å². The largest absolute Gasteiger partial charge is 0.342 e. The minimum absolute atomic E-state index is 0.0781. The molecule has 5 heteroatoms. The summed E-state index contributed by atoms with van der Waals surface area (Å²) < 4.78 is 0. The second-order valence-electron chi connectivity index (χ2n) is 8.10. The second kappa shape index (κ2) is 8.48. The van der Waals surface area contributed by atoms with Gasteiger partial charge in [0.05, 0.1) is 4.88 Å². The third kappa shape index (κ3) is 4.00. The Balaban J connectivity index is 1.37. The molecule has 0 bridgehead atoms. The lowest BCUT2D eigenvalue weighted by Crippen LogP contribution is -2.46. The van der Waals surface area contributed by atoms with E-state index in [4.69, 9.17) is 0 Å². The number of piperidine rings is 2. The number of hydrogen-bond donors (Lipinski definition) is 0. The molecule has 2 aliphatic heterocycles. The van der Waals surface area contributed by atoms with Crippen LogP contribution in [0.5, 0.6) is 0 Å². The van der Waals surface area contributed by atoms with E-state index in [0.717, 1.165) is 60.7 Å². The second-order valence-corrected chi connectivity index (χ2v) is 9.02. The van der Waals surface area contributed by atoms with E-state index in [-0.39, 0.29) is 11.8 Å². The Labute approximate surface area is 171 Å². The maximum Gasteiger partial charge on any atom is 0.264 e. The van der Waals surface area contributed by atoms with Crippen molar-refractivity contribution in [3.8, 4) is 11.1 Å². The van der Waals surface area contributed by atoms with Crippen LogP contribution in [0.25, 0.3) is 11.1 Å². The Hall–Kier alpha value is -2.14. The quantitative estimate of drug-likeness (QED) is 0.765. The van der Waals surface area contributed by atoms with E-state index in [9.17, 15) is 9.59 Å². The Morgan fingerprint density at radius 3 is 2.21 bits per heavy atom. The molecule has 0 unspecified atom stereocenters. The summed E-state index contributed by atoms with van der Waals surface area (Å²) in [6.07, 6.45) is 3.79. The summed E-state index contributed by atoms with van der Waals surface area (Å²) in [5, 5.41) is 1.99. The fourth-order valence-corrected chi connectivity index (χ4v) is 5.16. The number of carbonyl (C=O) groups excluding carboxylic acids is 2. The molecule has 0 saturated carbocycles. The molecule has 2 saturated heterocycles. The van der Waals surface area contributed by atoms with E-state index < -0.39 is 0 Å². The number of thiophene rings is 1. The summed E-state index contributed by atoms with van der Waals surface area (Å²) >= 11 is 1.51. The summed E-state index contributed by atoms with van der Waals surface area (Å²) in [6, 6.07) is 12.1. The summed E-state index contributed by atoms with van der Waals surface area (Å²) in [6.45, 7) is 5.40. The van der Waals surface area contributed by atoms with Gasteiger partial charge in [-0.05, 0) is 48.6 Å². The number of carbonyl (C=O) groups is 2. The molecule has 0 atom stereocenters. The van der Waals surface area contributed by atoms with E-state index >= 15 is 0 Å². The molecule has 1 aromatic carbocycles. The first-order chi connectivity index (χ1) is 13.6. The van der Waals surface area contributed by atoms with Crippen molar-refractivity contribution >= 4 is 23.2 Å². The molecule has 3 heterocycles. The van der Waals surface area contributed by atoms with E-state index in [0.29, 0.717) is 19.0 Å². The van der Waals surface area contributed by atoms with Crippen molar-refractivity contribution in [1.82, 2.24) is 9.80 Å². The summed E-state index contributed by atoms with van der Waals surface area (Å²) in [7, 11) is 0. The van der Waals surface area contributed by atoms with Crippen LogP contribution in [0.2, 0.25) is 0 Å². The zero-order chi connectivity index (χ0) is 19.5. The number of likely N-dealkylation sites (tertiary alicyclic amines) is 2. The van der Waals surface area contributed by atoms with Crippen molar-refractivity contribution < 1.29 is 9.59 Å². The molecular weight excluding hydrogens is 368 g/mol. The van der Waals surface area contributed by atoms with Gasteiger partial charge in [0.15, 0.2) is 0 Å². The van der Waals surface area contributed by atoms with Gasteiger partial charge in [0, 0.05) is 37.7 Å². The molecule has 0 aliphatic carbocycles. The van der Waals surface area contributed by atoms with Crippen molar-refractivity contribution in [3.63, 3.8) is 0 Å². The minimum Gasteiger partial charge on any atom is -0.342 e. The molecule has 1 aromatic heterocycles. The van der Waals surface area contributed by atoms with Crippen molar-refractivity contribution in [2.24, 2.45) is 11.8 Å². The van der Waals surface area contributed by atoms with Crippen LogP contribution in [-0.4, -0.2) is 47.8 Å². The molecule has 2 amide bonds. The van der Waals surface area contributed by atoms with E-state index in [1.165, 1.54) is 11.3 Å². The zero-order valence-electron chi connectivity index (χ0n) is 16.5. The van der Waals surface area contributed by atoms with Gasteiger partial charge >= 0.3 is 0 Å². The van der Waals surface area contributed by atoms with Crippen molar-refractivity contribution in [1.29, 1.82) is 0 Å². The molecule has 4 nitrogen and oxygen atoms in total. The first kappa shape index (κ1) is 19.2. The average molecular weight is 397 g/mol. The van der Waals surface area contributed by atoms with Gasteiger partial charge in [-0.2, -0.15) is 0 Å². The van der Waals surface area contributed by atoms with Crippen LogP contribution >= 0.6 is 11.3 Å². The Morgan fingerprint density at radius 2 is 1.54 bits per heavy atom. The smallest absolute Gasteiger partial charge is 0.264 e. The first-order valence-corrected chi connectivity index (χ1v) is 11.2.